The van der Waals surface area contributed by atoms with E-state index in [0.717, 1.165) is 11.1 Å². The highest BCUT2D eigenvalue weighted by atomic mass is 16.3. The molecule has 0 saturated carbocycles. The van der Waals surface area contributed by atoms with Crippen LogP contribution in [0.5, 0.6) is 5.75 Å². The van der Waals surface area contributed by atoms with Gasteiger partial charge in [0.1, 0.15) is 5.75 Å². The smallest absolute Gasteiger partial charge is 0.120 e. The first-order chi connectivity index (χ1) is 7.04. The molecule has 1 atom stereocenters. The Morgan fingerprint density at radius 1 is 1.47 bits per heavy atom. The predicted octanol–water partition coefficient (Wildman–Crippen LogP) is 2.08. The fraction of sp³-hybridized carbons (Fsp3) is 0.417. The highest BCUT2D eigenvalue weighted by molar-refractivity contribution is 5.38. The van der Waals surface area contributed by atoms with E-state index in [1.807, 2.05) is 32.0 Å². The van der Waals surface area contributed by atoms with Gasteiger partial charge in [-0.05, 0) is 38.7 Å². The average molecular weight is 204 g/mol. The fourth-order valence-electron chi connectivity index (χ4n) is 1.42. The number of nitrogens with zero attached hydrogens (tertiary/aromatic N) is 2. The molecule has 0 aliphatic heterocycles. The first kappa shape index (κ1) is 11.5. The van der Waals surface area contributed by atoms with Crippen molar-refractivity contribution in [3.8, 4) is 11.8 Å². The van der Waals surface area contributed by atoms with Gasteiger partial charge in [-0.1, -0.05) is 6.07 Å². The molecule has 15 heavy (non-hydrogen) atoms. The molecule has 0 fully saturated rings. The van der Waals surface area contributed by atoms with Crippen LogP contribution in [0.15, 0.2) is 18.2 Å². The van der Waals surface area contributed by atoms with E-state index in [1.54, 1.807) is 12.1 Å². The van der Waals surface area contributed by atoms with E-state index in [0.29, 0.717) is 6.54 Å². The molecule has 1 unspecified atom stereocenters. The molecule has 0 aromatic heterocycles. The van der Waals surface area contributed by atoms with Crippen molar-refractivity contribution in [1.29, 1.82) is 5.26 Å². The molecule has 1 rings (SSSR count). The Morgan fingerprint density at radius 2 is 2.13 bits per heavy atom. The van der Waals surface area contributed by atoms with Gasteiger partial charge in [0.05, 0.1) is 12.0 Å². The molecule has 1 aromatic carbocycles. The first-order valence-corrected chi connectivity index (χ1v) is 4.90. The molecule has 0 saturated heterocycles. The molecule has 0 aliphatic rings. The molecule has 0 bridgehead atoms. The van der Waals surface area contributed by atoms with Crippen LogP contribution in [0.4, 0.5) is 0 Å². The summed E-state index contributed by atoms with van der Waals surface area (Å²) in [6.07, 6.45) is 0. The normalized spacial score (nSPS) is 12.5. The quantitative estimate of drug-likeness (QED) is 0.820. The van der Waals surface area contributed by atoms with Gasteiger partial charge in [-0.25, -0.2) is 0 Å². The molecule has 0 spiro atoms. The molecule has 80 valence electrons. The minimum absolute atomic E-state index is 0.133. The van der Waals surface area contributed by atoms with Crippen molar-refractivity contribution in [2.45, 2.75) is 19.4 Å². The summed E-state index contributed by atoms with van der Waals surface area (Å²) in [5.41, 5.74) is 1.81. The number of aromatic hydroxyl groups is 1. The van der Waals surface area contributed by atoms with E-state index < -0.39 is 0 Å². The van der Waals surface area contributed by atoms with Gasteiger partial charge in [-0.15, -0.1) is 0 Å². The van der Waals surface area contributed by atoms with Gasteiger partial charge in [-0.3, -0.25) is 0 Å². The number of benzene rings is 1. The van der Waals surface area contributed by atoms with Crippen LogP contribution >= 0.6 is 0 Å². The fourth-order valence-corrected chi connectivity index (χ4v) is 1.42. The molecular formula is C12H16N2O. The van der Waals surface area contributed by atoms with Gasteiger partial charge in [0.25, 0.3) is 0 Å². The Hall–Kier alpha value is -1.53. The van der Waals surface area contributed by atoms with Crippen molar-refractivity contribution in [3.63, 3.8) is 0 Å². The van der Waals surface area contributed by atoms with Crippen molar-refractivity contribution in [1.82, 2.24) is 4.90 Å². The van der Waals surface area contributed by atoms with E-state index in [4.69, 9.17) is 5.26 Å². The minimum atomic E-state index is -0.133. The molecule has 0 amide bonds. The van der Waals surface area contributed by atoms with E-state index in [2.05, 4.69) is 6.07 Å². The largest absolute Gasteiger partial charge is 0.508 e. The second-order valence-electron chi connectivity index (χ2n) is 3.98. The standard InChI is InChI=1S/C12H16N2O/c1-9(7-13)10-4-5-12(15)11(6-10)8-14(2)3/h4-6,9,15H,8H2,1-3H3. The molecule has 1 N–H and O–H groups in total. The van der Waals surface area contributed by atoms with Gasteiger partial charge in [0.15, 0.2) is 0 Å². The third-order valence-corrected chi connectivity index (χ3v) is 2.28. The lowest BCUT2D eigenvalue weighted by molar-refractivity contribution is 0.385. The molecule has 3 nitrogen and oxygen atoms in total. The lowest BCUT2D eigenvalue weighted by Crippen LogP contribution is -2.11. The Kier molecular flexibility index (Phi) is 3.70. The maximum Gasteiger partial charge on any atom is 0.120 e. The third kappa shape index (κ3) is 2.97. The summed E-state index contributed by atoms with van der Waals surface area (Å²) >= 11 is 0. The molecule has 3 heteroatoms. The summed E-state index contributed by atoms with van der Waals surface area (Å²) in [7, 11) is 3.89. The van der Waals surface area contributed by atoms with E-state index in [9.17, 15) is 5.11 Å². The van der Waals surface area contributed by atoms with Gasteiger partial charge < -0.3 is 10.0 Å². The number of nitriles is 1. The maximum atomic E-state index is 9.63. The van der Waals surface area contributed by atoms with Crippen LogP contribution in [0.3, 0.4) is 0 Å². The average Bonchev–Trinajstić information content (AvgIpc) is 2.19. The van der Waals surface area contributed by atoms with Crippen molar-refractivity contribution in [2.75, 3.05) is 14.1 Å². The number of phenolic OH excluding ortho intramolecular Hbond substituents is 1. The Morgan fingerprint density at radius 3 is 2.67 bits per heavy atom. The van der Waals surface area contributed by atoms with Crippen molar-refractivity contribution in [2.24, 2.45) is 0 Å². The summed E-state index contributed by atoms with van der Waals surface area (Å²) in [6, 6.07) is 7.53. The molecule has 0 heterocycles. The topological polar surface area (TPSA) is 47.3 Å². The van der Waals surface area contributed by atoms with Gasteiger partial charge in [-0.2, -0.15) is 5.26 Å². The highest BCUT2D eigenvalue weighted by Crippen LogP contribution is 2.23. The molecular weight excluding hydrogens is 188 g/mol. The Labute approximate surface area is 90.6 Å². The van der Waals surface area contributed by atoms with Gasteiger partial charge in [0, 0.05) is 12.1 Å². The van der Waals surface area contributed by atoms with Crippen LogP contribution in [-0.4, -0.2) is 24.1 Å². The van der Waals surface area contributed by atoms with Crippen LogP contribution in [0.2, 0.25) is 0 Å². The van der Waals surface area contributed by atoms with Crippen LogP contribution in [0.25, 0.3) is 0 Å². The number of hydrogen-bond acceptors (Lipinski definition) is 3. The highest BCUT2D eigenvalue weighted by Gasteiger charge is 2.08. The van der Waals surface area contributed by atoms with Crippen LogP contribution in [0.1, 0.15) is 24.0 Å². The van der Waals surface area contributed by atoms with Crippen LogP contribution in [0, 0.1) is 11.3 Å². The van der Waals surface area contributed by atoms with Gasteiger partial charge in [0.2, 0.25) is 0 Å². The first-order valence-electron chi connectivity index (χ1n) is 4.90. The van der Waals surface area contributed by atoms with Gasteiger partial charge >= 0.3 is 0 Å². The third-order valence-electron chi connectivity index (χ3n) is 2.28. The summed E-state index contributed by atoms with van der Waals surface area (Å²) < 4.78 is 0. The molecule has 0 aliphatic carbocycles. The number of phenols is 1. The summed E-state index contributed by atoms with van der Waals surface area (Å²) in [6.45, 7) is 2.53. The van der Waals surface area contributed by atoms with Crippen molar-refractivity contribution < 1.29 is 5.11 Å². The van der Waals surface area contributed by atoms with Crippen molar-refractivity contribution in [3.05, 3.63) is 29.3 Å². The van der Waals surface area contributed by atoms with Crippen molar-refractivity contribution >= 4 is 0 Å². The minimum Gasteiger partial charge on any atom is -0.508 e. The number of rotatable bonds is 3. The second kappa shape index (κ2) is 4.81. The zero-order valence-corrected chi connectivity index (χ0v) is 9.36. The van der Waals surface area contributed by atoms with E-state index in [-0.39, 0.29) is 11.7 Å². The summed E-state index contributed by atoms with van der Waals surface area (Å²) in [5, 5.41) is 18.4. The monoisotopic (exact) mass is 204 g/mol. The summed E-state index contributed by atoms with van der Waals surface area (Å²) in [5.74, 6) is 0.157. The maximum absolute atomic E-state index is 9.63. The van der Waals surface area contributed by atoms with Crippen LogP contribution < -0.4 is 0 Å². The Bertz CT molecular complexity index is 380. The lowest BCUT2D eigenvalue weighted by Gasteiger charge is -2.13. The lowest BCUT2D eigenvalue weighted by atomic mass is 10.00. The predicted molar refractivity (Wildman–Crippen MR) is 59.5 cm³/mol. The molecule has 1 aromatic rings. The molecule has 0 radical (unpaired) electrons. The SMILES string of the molecule is CC(C#N)c1ccc(O)c(CN(C)C)c1. The summed E-state index contributed by atoms with van der Waals surface area (Å²) in [4.78, 5) is 1.98. The Balaban J connectivity index is 3.01. The van der Waals surface area contributed by atoms with E-state index in [1.165, 1.54) is 0 Å². The zero-order valence-electron chi connectivity index (χ0n) is 9.36. The number of hydrogen-bond donors (Lipinski definition) is 1. The van der Waals surface area contributed by atoms with Crippen LogP contribution in [-0.2, 0) is 6.54 Å². The zero-order chi connectivity index (χ0) is 11.4. The second-order valence-corrected chi connectivity index (χ2v) is 3.98. The van der Waals surface area contributed by atoms with E-state index >= 15 is 0 Å².